The summed E-state index contributed by atoms with van der Waals surface area (Å²) in [5.74, 6) is -0.0809. The van der Waals surface area contributed by atoms with Gasteiger partial charge in [0.05, 0.1) is 11.5 Å². The van der Waals surface area contributed by atoms with Crippen LogP contribution in [0, 0.1) is 10.1 Å². The molecule has 0 saturated heterocycles. The topological polar surface area (TPSA) is 74.5 Å². The van der Waals surface area contributed by atoms with Gasteiger partial charge < -0.3 is 9.47 Å². The molecule has 6 nitrogen and oxygen atoms in total. The maximum Gasteiger partial charge on any atom is 0.331 e. The fourth-order valence-electron chi connectivity index (χ4n) is 1.10. The van der Waals surface area contributed by atoms with E-state index in [2.05, 4.69) is 4.98 Å². The van der Waals surface area contributed by atoms with Crippen LogP contribution in [0.25, 0.3) is 0 Å². The van der Waals surface area contributed by atoms with E-state index in [-0.39, 0.29) is 23.3 Å². The Morgan fingerprint density at radius 2 is 2.18 bits per heavy atom. The van der Waals surface area contributed by atoms with Crippen molar-refractivity contribution in [2.24, 2.45) is 0 Å². The van der Waals surface area contributed by atoms with Crippen molar-refractivity contribution in [1.29, 1.82) is 0 Å². The lowest BCUT2D eigenvalue weighted by molar-refractivity contribution is -0.386. The van der Waals surface area contributed by atoms with Crippen LogP contribution in [0.3, 0.4) is 0 Å². The third-order valence-electron chi connectivity index (χ3n) is 1.82. The molecule has 1 aromatic rings. The third kappa shape index (κ3) is 4.54. The van der Waals surface area contributed by atoms with Crippen molar-refractivity contribution >= 4 is 17.3 Å². The summed E-state index contributed by atoms with van der Waals surface area (Å²) in [4.78, 5) is 13.9. The van der Waals surface area contributed by atoms with Gasteiger partial charge in [-0.1, -0.05) is 18.5 Å². The Kier molecular flexibility index (Phi) is 5.65. The molecule has 0 spiro atoms. The van der Waals surface area contributed by atoms with Crippen molar-refractivity contribution in [3.63, 3.8) is 0 Å². The second-order valence-electron chi connectivity index (χ2n) is 3.18. The van der Waals surface area contributed by atoms with Crippen LogP contribution in [-0.4, -0.2) is 29.7 Å². The van der Waals surface area contributed by atoms with Gasteiger partial charge in [0.1, 0.15) is 11.8 Å². The average Bonchev–Trinajstić information content (AvgIpc) is 2.28. The lowest BCUT2D eigenvalue weighted by Crippen LogP contribution is -2.09. The van der Waals surface area contributed by atoms with Crippen molar-refractivity contribution in [2.45, 2.75) is 13.3 Å². The van der Waals surface area contributed by atoms with Gasteiger partial charge in [0.15, 0.2) is 0 Å². The van der Waals surface area contributed by atoms with Gasteiger partial charge in [-0.2, -0.15) is 4.98 Å². The molecule has 0 aliphatic rings. The van der Waals surface area contributed by atoms with E-state index in [0.717, 1.165) is 6.42 Å². The Balaban J connectivity index is 2.56. The van der Waals surface area contributed by atoms with Gasteiger partial charge in [0, 0.05) is 12.7 Å². The standard InChI is InChI=1S/C10H13ClN2O4/c1-2-5-16-6-7-17-10-8(13(14)15)3-4-9(11)12-10/h3-4H,2,5-7H2,1H3. The Hall–Kier alpha value is -1.40. The highest BCUT2D eigenvalue weighted by molar-refractivity contribution is 6.29. The first kappa shape index (κ1) is 13.7. The monoisotopic (exact) mass is 260 g/mol. The fraction of sp³-hybridized carbons (Fsp3) is 0.500. The lowest BCUT2D eigenvalue weighted by atomic mass is 10.4. The van der Waals surface area contributed by atoms with Crippen LogP contribution in [0.1, 0.15) is 13.3 Å². The molecule has 7 heteroatoms. The van der Waals surface area contributed by atoms with Crippen molar-refractivity contribution in [2.75, 3.05) is 19.8 Å². The van der Waals surface area contributed by atoms with Crippen molar-refractivity contribution in [3.8, 4) is 5.88 Å². The molecule has 0 fully saturated rings. The zero-order valence-electron chi connectivity index (χ0n) is 9.39. The first-order valence-electron chi connectivity index (χ1n) is 5.16. The summed E-state index contributed by atoms with van der Waals surface area (Å²) in [6.07, 6.45) is 0.912. The summed E-state index contributed by atoms with van der Waals surface area (Å²) in [5, 5.41) is 10.8. The van der Waals surface area contributed by atoms with E-state index in [0.29, 0.717) is 13.2 Å². The highest BCUT2D eigenvalue weighted by Crippen LogP contribution is 2.25. The molecule has 0 unspecified atom stereocenters. The molecule has 1 rings (SSSR count). The van der Waals surface area contributed by atoms with Gasteiger partial charge in [0.2, 0.25) is 0 Å². The second kappa shape index (κ2) is 7.03. The molecule has 1 aromatic heterocycles. The fourth-order valence-corrected chi connectivity index (χ4v) is 1.24. The first-order chi connectivity index (χ1) is 8.15. The Labute approximate surface area is 104 Å². The molecular formula is C10H13ClN2O4. The smallest absolute Gasteiger partial charge is 0.331 e. The lowest BCUT2D eigenvalue weighted by Gasteiger charge is -2.06. The van der Waals surface area contributed by atoms with Gasteiger partial charge in [-0.25, -0.2) is 0 Å². The van der Waals surface area contributed by atoms with Gasteiger partial charge in [0.25, 0.3) is 5.88 Å². The molecule has 0 aromatic carbocycles. The number of rotatable bonds is 7. The molecule has 17 heavy (non-hydrogen) atoms. The third-order valence-corrected chi connectivity index (χ3v) is 2.03. The molecule has 0 bridgehead atoms. The number of halogens is 1. The SMILES string of the molecule is CCCOCCOc1nc(Cl)ccc1[N+](=O)[O-]. The molecular weight excluding hydrogens is 248 g/mol. The van der Waals surface area contributed by atoms with Crippen LogP contribution in [-0.2, 0) is 4.74 Å². The number of nitrogens with zero attached hydrogens (tertiary/aromatic N) is 2. The van der Waals surface area contributed by atoms with E-state index in [1.54, 1.807) is 0 Å². The van der Waals surface area contributed by atoms with Crippen LogP contribution in [0.5, 0.6) is 5.88 Å². The highest BCUT2D eigenvalue weighted by atomic mass is 35.5. The van der Waals surface area contributed by atoms with E-state index in [9.17, 15) is 10.1 Å². The molecule has 94 valence electrons. The van der Waals surface area contributed by atoms with Crippen LogP contribution in [0.4, 0.5) is 5.69 Å². The van der Waals surface area contributed by atoms with E-state index in [1.807, 2.05) is 6.92 Å². The quantitative estimate of drug-likeness (QED) is 0.326. The number of pyridine rings is 1. The molecule has 0 saturated carbocycles. The number of aromatic nitrogens is 1. The minimum Gasteiger partial charge on any atom is -0.470 e. The Morgan fingerprint density at radius 3 is 2.82 bits per heavy atom. The maximum absolute atomic E-state index is 10.7. The van der Waals surface area contributed by atoms with Crippen LogP contribution in [0.15, 0.2) is 12.1 Å². The maximum atomic E-state index is 10.7. The Morgan fingerprint density at radius 1 is 1.41 bits per heavy atom. The van der Waals surface area contributed by atoms with E-state index >= 15 is 0 Å². The normalized spacial score (nSPS) is 10.2. The number of nitro groups is 1. The second-order valence-corrected chi connectivity index (χ2v) is 3.56. The molecule has 0 radical (unpaired) electrons. The minimum absolute atomic E-state index is 0.0809. The largest absolute Gasteiger partial charge is 0.470 e. The molecule has 0 aliphatic carbocycles. The Bertz CT molecular complexity index is 387. The zero-order chi connectivity index (χ0) is 12.7. The molecule has 0 aliphatic heterocycles. The van der Waals surface area contributed by atoms with E-state index < -0.39 is 4.92 Å². The van der Waals surface area contributed by atoms with Crippen molar-refractivity contribution in [3.05, 3.63) is 27.4 Å². The molecule has 0 amide bonds. The summed E-state index contributed by atoms with van der Waals surface area (Å²) < 4.78 is 10.3. The van der Waals surface area contributed by atoms with Crippen molar-refractivity contribution in [1.82, 2.24) is 4.98 Å². The predicted octanol–water partition coefficient (Wildman–Crippen LogP) is 2.45. The number of hydrogen-bond acceptors (Lipinski definition) is 5. The summed E-state index contributed by atoms with van der Waals surface area (Å²) in [7, 11) is 0. The van der Waals surface area contributed by atoms with Crippen molar-refractivity contribution < 1.29 is 14.4 Å². The van der Waals surface area contributed by atoms with Crippen LogP contribution < -0.4 is 4.74 Å². The summed E-state index contributed by atoms with van der Waals surface area (Å²) in [5.41, 5.74) is -0.204. The van der Waals surface area contributed by atoms with Gasteiger partial charge in [-0.15, -0.1) is 0 Å². The summed E-state index contributed by atoms with van der Waals surface area (Å²) in [6.45, 7) is 3.19. The minimum atomic E-state index is -0.564. The first-order valence-corrected chi connectivity index (χ1v) is 5.54. The zero-order valence-corrected chi connectivity index (χ0v) is 10.1. The highest BCUT2D eigenvalue weighted by Gasteiger charge is 2.16. The van der Waals surface area contributed by atoms with Gasteiger partial charge in [-0.3, -0.25) is 10.1 Å². The summed E-state index contributed by atoms with van der Waals surface area (Å²) >= 11 is 5.64. The molecule has 1 heterocycles. The molecule has 0 N–H and O–H groups in total. The predicted molar refractivity (Wildman–Crippen MR) is 62.5 cm³/mol. The van der Waals surface area contributed by atoms with Crippen LogP contribution in [0.2, 0.25) is 5.15 Å². The van der Waals surface area contributed by atoms with Gasteiger partial charge >= 0.3 is 5.69 Å². The molecule has 0 atom stereocenters. The van der Waals surface area contributed by atoms with E-state index in [1.165, 1.54) is 12.1 Å². The average molecular weight is 261 g/mol. The van der Waals surface area contributed by atoms with E-state index in [4.69, 9.17) is 21.1 Å². The number of hydrogen-bond donors (Lipinski definition) is 0. The summed E-state index contributed by atoms with van der Waals surface area (Å²) in [6, 6.07) is 2.61. The van der Waals surface area contributed by atoms with Gasteiger partial charge in [-0.05, 0) is 12.5 Å². The number of ether oxygens (including phenoxy) is 2. The van der Waals surface area contributed by atoms with Crippen LogP contribution >= 0.6 is 11.6 Å².